The summed E-state index contributed by atoms with van der Waals surface area (Å²) in [6.45, 7) is 2.17. The standard InChI is InChI=1S/C19H15IN2O4S/c1-2-26-15-10-11(9-14(20)16(15)23)8-13-17(24)21-19(27)22(18(13)25)12-6-4-3-5-7-12/h3-10,23H,2H2,1H3,(H,21,24,27)/b13-8+. The Hall–Kier alpha value is -2.46. The molecule has 0 bridgehead atoms. The minimum atomic E-state index is -0.571. The molecule has 2 aromatic rings. The van der Waals surface area contributed by atoms with Gasteiger partial charge in [-0.15, -0.1) is 0 Å². The lowest BCUT2D eigenvalue weighted by molar-refractivity contribution is -0.122. The van der Waals surface area contributed by atoms with Crippen molar-refractivity contribution >= 4 is 63.5 Å². The van der Waals surface area contributed by atoms with Crippen molar-refractivity contribution < 1.29 is 19.4 Å². The van der Waals surface area contributed by atoms with Crippen LogP contribution >= 0.6 is 34.8 Å². The summed E-state index contributed by atoms with van der Waals surface area (Å²) >= 11 is 7.13. The van der Waals surface area contributed by atoms with Crippen molar-refractivity contribution in [3.63, 3.8) is 0 Å². The van der Waals surface area contributed by atoms with Gasteiger partial charge in [0, 0.05) is 0 Å². The van der Waals surface area contributed by atoms with Gasteiger partial charge in [-0.3, -0.25) is 19.8 Å². The first-order chi connectivity index (χ1) is 12.9. The Morgan fingerprint density at radius 1 is 1.26 bits per heavy atom. The lowest BCUT2D eigenvalue weighted by Gasteiger charge is -2.28. The smallest absolute Gasteiger partial charge is 0.270 e. The summed E-state index contributed by atoms with van der Waals surface area (Å²) in [5.74, 6) is -0.782. The third kappa shape index (κ3) is 3.96. The molecule has 3 rings (SSSR count). The Kier molecular flexibility index (Phi) is 5.76. The number of benzene rings is 2. The fourth-order valence-electron chi connectivity index (χ4n) is 2.58. The van der Waals surface area contributed by atoms with Crippen molar-refractivity contribution in [2.45, 2.75) is 6.92 Å². The van der Waals surface area contributed by atoms with Gasteiger partial charge in [0.05, 0.1) is 15.9 Å². The van der Waals surface area contributed by atoms with Crippen LogP contribution in [0.2, 0.25) is 0 Å². The van der Waals surface area contributed by atoms with Gasteiger partial charge in [-0.05, 0) is 77.6 Å². The molecule has 6 nitrogen and oxygen atoms in total. The number of carbonyl (C=O) groups excluding carboxylic acids is 2. The number of anilines is 1. The van der Waals surface area contributed by atoms with E-state index < -0.39 is 11.8 Å². The number of hydrogen-bond donors (Lipinski definition) is 2. The van der Waals surface area contributed by atoms with Gasteiger partial charge in [0.25, 0.3) is 11.8 Å². The summed E-state index contributed by atoms with van der Waals surface area (Å²) in [6, 6.07) is 12.1. The van der Waals surface area contributed by atoms with E-state index >= 15 is 0 Å². The van der Waals surface area contributed by atoms with Crippen LogP contribution in [0.1, 0.15) is 12.5 Å². The second-order valence-corrected chi connectivity index (χ2v) is 7.12. The van der Waals surface area contributed by atoms with E-state index in [9.17, 15) is 14.7 Å². The van der Waals surface area contributed by atoms with E-state index in [1.54, 1.807) is 43.3 Å². The van der Waals surface area contributed by atoms with Gasteiger partial charge in [0.1, 0.15) is 5.57 Å². The average molecular weight is 494 g/mol. The molecule has 0 unspecified atom stereocenters. The molecule has 2 aromatic carbocycles. The van der Waals surface area contributed by atoms with E-state index in [1.165, 1.54) is 11.0 Å². The Morgan fingerprint density at radius 3 is 2.63 bits per heavy atom. The SMILES string of the molecule is CCOc1cc(/C=C2\C(=O)NC(=S)N(c3ccccc3)C2=O)cc(I)c1O. The molecule has 1 saturated heterocycles. The van der Waals surface area contributed by atoms with Crippen LogP contribution in [0.5, 0.6) is 11.5 Å². The minimum absolute atomic E-state index is 0.0195. The zero-order chi connectivity index (χ0) is 19.6. The third-order valence-corrected chi connectivity index (χ3v) is 4.88. The Morgan fingerprint density at radius 2 is 1.96 bits per heavy atom. The van der Waals surface area contributed by atoms with Crippen molar-refractivity contribution in [3.8, 4) is 11.5 Å². The molecule has 138 valence electrons. The fourth-order valence-corrected chi connectivity index (χ4v) is 3.48. The number of amides is 2. The Labute approximate surface area is 175 Å². The lowest BCUT2D eigenvalue weighted by atomic mass is 10.1. The number of thiocarbonyl (C=S) groups is 1. The largest absolute Gasteiger partial charge is 0.504 e. The number of nitrogens with zero attached hydrogens (tertiary/aromatic N) is 1. The number of halogens is 1. The summed E-state index contributed by atoms with van der Waals surface area (Å²) < 4.78 is 5.95. The number of carbonyl (C=O) groups is 2. The van der Waals surface area contributed by atoms with Gasteiger partial charge in [0.2, 0.25) is 0 Å². The summed E-state index contributed by atoms with van der Waals surface area (Å²) in [5, 5.41) is 12.6. The highest BCUT2D eigenvalue weighted by atomic mass is 127. The van der Waals surface area contributed by atoms with Crippen molar-refractivity contribution in [1.82, 2.24) is 5.32 Å². The number of hydrogen-bond acceptors (Lipinski definition) is 5. The number of phenols is 1. The number of rotatable bonds is 4. The van der Waals surface area contributed by atoms with Crippen LogP contribution in [-0.4, -0.2) is 28.6 Å². The molecule has 1 fully saturated rings. The molecule has 2 amide bonds. The third-order valence-electron chi connectivity index (χ3n) is 3.78. The van der Waals surface area contributed by atoms with E-state index in [0.29, 0.717) is 21.4 Å². The first kappa shape index (κ1) is 19.3. The molecule has 2 N–H and O–H groups in total. The first-order valence-electron chi connectivity index (χ1n) is 8.04. The Bertz CT molecular complexity index is 960. The second kappa shape index (κ2) is 8.05. The van der Waals surface area contributed by atoms with Crippen LogP contribution in [0.4, 0.5) is 5.69 Å². The lowest BCUT2D eigenvalue weighted by Crippen LogP contribution is -2.54. The normalized spacial score (nSPS) is 15.9. The van der Waals surface area contributed by atoms with Crippen molar-refractivity contribution in [3.05, 3.63) is 57.2 Å². The molecule has 1 aliphatic heterocycles. The zero-order valence-electron chi connectivity index (χ0n) is 14.2. The van der Waals surface area contributed by atoms with Gasteiger partial charge in [-0.1, -0.05) is 18.2 Å². The number of nitrogens with one attached hydrogen (secondary N) is 1. The first-order valence-corrected chi connectivity index (χ1v) is 9.53. The predicted molar refractivity (Wildman–Crippen MR) is 115 cm³/mol. The van der Waals surface area contributed by atoms with Crippen molar-refractivity contribution in [2.75, 3.05) is 11.5 Å². The summed E-state index contributed by atoms with van der Waals surface area (Å²) in [7, 11) is 0. The molecule has 8 heteroatoms. The topological polar surface area (TPSA) is 78.9 Å². The van der Waals surface area contributed by atoms with Crippen molar-refractivity contribution in [1.29, 1.82) is 0 Å². The molecular formula is C19H15IN2O4S. The number of phenolic OH excluding ortho intramolecular Hbond substituents is 1. The molecule has 0 spiro atoms. The van der Waals surface area contributed by atoms with E-state index in [4.69, 9.17) is 17.0 Å². The monoisotopic (exact) mass is 494 g/mol. The van der Waals surface area contributed by atoms with Gasteiger partial charge < -0.3 is 9.84 Å². The van der Waals surface area contributed by atoms with Crippen LogP contribution in [0.3, 0.4) is 0 Å². The van der Waals surface area contributed by atoms with Gasteiger partial charge in [0.15, 0.2) is 16.6 Å². The molecule has 1 aliphatic rings. The molecule has 1 heterocycles. The van der Waals surface area contributed by atoms with Crippen molar-refractivity contribution in [2.24, 2.45) is 0 Å². The van der Waals surface area contributed by atoms with Crippen LogP contribution in [0.15, 0.2) is 48.0 Å². The zero-order valence-corrected chi connectivity index (χ0v) is 17.2. The minimum Gasteiger partial charge on any atom is -0.504 e. The number of ether oxygens (including phenoxy) is 1. The van der Waals surface area contributed by atoms with E-state index in [2.05, 4.69) is 5.32 Å². The highest BCUT2D eigenvalue weighted by molar-refractivity contribution is 14.1. The predicted octanol–water partition coefficient (Wildman–Crippen LogP) is 3.23. The second-order valence-electron chi connectivity index (χ2n) is 5.58. The van der Waals surface area contributed by atoms with Gasteiger partial charge >= 0.3 is 0 Å². The van der Waals surface area contributed by atoms with Gasteiger partial charge in [-0.2, -0.15) is 0 Å². The summed E-state index contributed by atoms with van der Waals surface area (Å²) in [5.41, 5.74) is 1.06. The van der Waals surface area contributed by atoms with E-state index in [-0.39, 0.29) is 22.2 Å². The van der Waals surface area contributed by atoms with Gasteiger partial charge in [-0.25, -0.2) is 0 Å². The molecule has 0 radical (unpaired) electrons. The highest BCUT2D eigenvalue weighted by Gasteiger charge is 2.34. The summed E-state index contributed by atoms with van der Waals surface area (Å²) in [6.07, 6.45) is 1.46. The average Bonchev–Trinajstić information content (AvgIpc) is 2.63. The molecular weight excluding hydrogens is 479 g/mol. The van der Waals surface area contributed by atoms with E-state index in [0.717, 1.165) is 0 Å². The van der Waals surface area contributed by atoms with Crippen LogP contribution < -0.4 is 15.0 Å². The molecule has 0 saturated carbocycles. The summed E-state index contributed by atoms with van der Waals surface area (Å²) in [4.78, 5) is 26.6. The maximum Gasteiger partial charge on any atom is 0.270 e. The maximum absolute atomic E-state index is 12.9. The van der Waals surface area contributed by atoms with Crippen LogP contribution in [-0.2, 0) is 9.59 Å². The van der Waals surface area contributed by atoms with Crippen LogP contribution in [0, 0.1) is 3.57 Å². The quantitative estimate of drug-likeness (QED) is 0.296. The van der Waals surface area contributed by atoms with Crippen LogP contribution in [0.25, 0.3) is 6.08 Å². The van der Waals surface area contributed by atoms with E-state index in [1.807, 2.05) is 28.7 Å². The number of aromatic hydroxyl groups is 1. The maximum atomic E-state index is 12.9. The highest BCUT2D eigenvalue weighted by Crippen LogP contribution is 2.34. The molecule has 0 aromatic heterocycles. The fraction of sp³-hybridized carbons (Fsp3) is 0.105. The molecule has 0 aliphatic carbocycles. The Balaban J connectivity index is 2.03. The molecule has 27 heavy (non-hydrogen) atoms. The number of para-hydroxylation sites is 1. The molecule has 0 atom stereocenters.